The Labute approximate surface area is 196 Å². The van der Waals surface area contributed by atoms with Gasteiger partial charge >= 0.3 is 6.09 Å². The summed E-state index contributed by atoms with van der Waals surface area (Å²) in [5.41, 5.74) is 2.72. The molecule has 3 aromatic rings. The average molecular weight is 451 g/mol. The van der Waals surface area contributed by atoms with Crippen molar-refractivity contribution in [3.05, 3.63) is 77.9 Å². The number of likely N-dealkylation sites (tertiary alicyclic amines) is 2. The highest BCUT2D eigenvalue weighted by atomic mass is 35.5. The Bertz CT molecular complexity index is 1040. The highest BCUT2D eigenvalue weighted by Gasteiger charge is 2.25. The maximum absolute atomic E-state index is 12.7. The third-order valence-corrected chi connectivity index (χ3v) is 6.71. The molecule has 0 bridgehead atoms. The van der Waals surface area contributed by atoms with Gasteiger partial charge in [-0.25, -0.2) is 4.79 Å². The molecule has 2 fully saturated rings. The Balaban J connectivity index is 0.00000245. The number of amides is 1. The van der Waals surface area contributed by atoms with Crippen LogP contribution in [0.4, 0.5) is 4.79 Å². The molecule has 4 nitrogen and oxygen atoms in total. The van der Waals surface area contributed by atoms with E-state index >= 15 is 0 Å². The Hall–Kier alpha value is -2.56. The van der Waals surface area contributed by atoms with Crippen LogP contribution in [0.1, 0.15) is 42.7 Å². The Kier molecular flexibility index (Phi) is 7.33. The smallest absolute Gasteiger partial charge is 0.410 e. The predicted molar refractivity (Wildman–Crippen MR) is 132 cm³/mol. The van der Waals surface area contributed by atoms with Gasteiger partial charge in [0.05, 0.1) is 0 Å². The normalized spacial score (nSPS) is 17.3. The molecule has 0 atom stereocenters. The Morgan fingerprint density at radius 1 is 0.844 bits per heavy atom. The quantitative estimate of drug-likeness (QED) is 0.472. The fourth-order valence-electron chi connectivity index (χ4n) is 4.92. The molecule has 0 aromatic heterocycles. The molecule has 1 amide bonds. The van der Waals surface area contributed by atoms with Crippen LogP contribution in [0.2, 0.25) is 0 Å². The zero-order chi connectivity index (χ0) is 21.0. The van der Waals surface area contributed by atoms with Crippen LogP contribution >= 0.6 is 12.4 Å². The van der Waals surface area contributed by atoms with Gasteiger partial charge in [-0.15, -0.1) is 12.4 Å². The lowest BCUT2D eigenvalue weighted by atomic mass is 9.90. The van der Waals surface area contributed by atoms with Gasteiger partial charge < -0.3 is 9.64 Å². The average Bonchev–Trinajstić information content (AvgIpc) is 3.33. The van der Waals surface area contributed by atoms with Gasteiger partial charge in [0, 0.05) is 19.6 Å². The number of carbonyl (C=O) groups is 1. The first-order chi connectivity index (χ1) is 15.2. The lowest BCUT2D eigenvalue weighted by molar-refractivity contribution is 0.139. The number of halogens is 1. The van der Waals surface area contributed by atoms with E-state index in [0.717, 1.165) is 37.9 Å². The minimum atomic E-state index is -0.239. The summed E-state index contributed by atoms with van der Waals surface area (Å²) in [6.07, 6.45) is 4.35. The lowest BCUT2D eigenvalue weighted by Gasteiger charge is -2.31. The molecule has 5 rings (SSSR count). The number of piperidine rings is 1. The molecule has 0 N–H and O–H groups in total. The van der Waals surface area contributed by atoms with Crippen molar-refractivity contribution >= 4 is 29.3 Å². The molecule has 2 saturated heterocycles. The van der Waals surface area contributed by atoms with E-state index < -0.39 is 0 Å². The van der Waals surface area contributed by atoms with E-state index in [9.17, 15) is 4.79 Å². The van der Waals surface area contributed by atoms with Crippen LogP contribution in [-0.2, 0) is 6.54 Å². The second-order valence-electron chi connectivity index (χ2n) is 8.87. The summed E-state index contributed by atoms with van der Waals surface area (Å²) in [6.45, 7) is 4.91. The molecule has 3 aromatic carbocycles. The minimum absolute atomic E-state index is 0. The van der Waals surface area contributed by atoms with Crippen molar-refractivity contribution in [3.8, 4) is 5.75 Å². The summed E-state index contributed by atoms with van der Waals surface area (Å²) in [5, 5.41) is 2.30. The zero-order valence-electron chi connectivity index (χ0n) is 18.4. The molecular weight excluding hydrogens is 420 g/mol. The van der Waals surface area contributed by atoms with Crippen LogP contribution in [0.3, 0.4) is 0 Å². The standard InChI is InChI=1S/C27H30N2O2.ClH/c30-27(29-16-12-23(13-17-29)22-6-2-1-3-7-22)31-26-11-10-24-18-21(8-9-25(24)19-26)20-28-14-4-5-15-28;/h1-3,6-11,18-19,23H,4-5,12-17,20H2;1H. The minimum Gasteiger partial charge on any atom is -0.410 e. The highest BCUT2D eigenvalue weighted by Crippen LogP contribution is 2.29. The molecular formula is C27H31ClN2O2. The molecule has 2 aliphatic heterocycles. The number of carbonyl (C=O) groups excluding carboxylic acids is 1. The highest BCUT2D eigenvalue weighted by molar-refractivity contribution is 5.86. The number of nitrogens with zero attached hydrogens (tertiary/aromatic N) is 2. The van der Waals surface area contributed by atoms with Crippen LogP contribution < -0.4 is 4.74 Å². The lowest BCUT2D eigenvalue weighted by Crippen LogP contribution is -2.39. The Morgan fingerprint density at radius 2 is 1.53 bits per heavy atom. The number of fused-ring (bicyclic) bond motifs is 1. The summed E-state index contributed by atoms with van der Waals surface area (Å²) < 4.78 is 5.72. The topological polar surface area (TPSA) is 32.8 Å². The fraction of sp³-hybridized carbons (Fsp3) is 0.370. The van der Waals surface area contributed by atoms with E-state index in [-0.39, 0.29) is 18.5 Å². The monoisotopic (exact) mass is 450 g/mol. The third-order valence-electron chi connectivity index (χ3n) is 6.71. The first kappa shape index (κ1) is 22.6. The maximum Gasteiger partial charge on any atom is 0.415 e. The van der Waals surface area contributed by atoms with Crippen molar-refractivity contribution in [1.82, 2.24) is 9.80 Å². The zero-order valence-corrected chi connectivity index (χ0v) is 19.2. The van der Waals surface area contributed by atoms with Crippen LogP contribution in [0.25, 0.3) is 10.8 Å². The van der Waals surface area contributed by atoms with Gasteiger partial charge in [-0.05, 0) is 84.8 Å². The predicted octanol–water partition coefficient (Wildman–Crippen LogP) is 6.24. The van der Waals surface area contributed by atoms with Gasteiger partial charge in [0.1, 0.15) is 5.75 Å². The maximum atomic E-state index is 12.7. The van der Waals surface area contributed by atoms with Crippen molar-refractivity contribution in [1.29, 1.82) is 0 Å². The fourth-order valence-corrected chi connectivity index (χ4v) is 4.92. The van der Waals surface area contributed by atoms with E-state index in [2.05, 4.69) is 53.4 Å². The molecule has 0 aliphatic carbocycles. The van der Waals surface area contributed by atoms with Crippen LogP contribution in [-0.4, -0.2) is 42.1 Å². The molecule has 168 valence electrons. The van der Waals surface area contributed by atoms with Gasteiger partial charge in [0.15, 0.2) is 0 Å². The van der Waals surface area contributed by atoms with E-state index in [0.29, 0.717) is 11.7 Å². The van der Waals surface area contributed by atoms with E-state index in [1.807, 2.05) is 23.1 Å². The summed E-state index contributed by atoms with van der Waals surface area (Å²) in [7, 11) is 0. The van der Waals surface area contributed by atoms with Gasteiger partial charge in [-0.3, -0.25) is 4.90 Å². The molecule has 2 heterocycles. The molecule has 0 spiro atoms. The summed E-state index contributed by atoms with van der Waals surface area (Å²) >= 11 is 0. The van der Waals surface area contributed by atoms with Crippen LogP contribution in [0, 0.1) is 0 Å². The summed E-state index contributed by atoms with van der Waals surface area (Å²) in [5.74, 6) is 1.15. The van der Waals surface area contributed by atoms with Crippen molar-refractivity contribution in [2.75, 3.05) is 26.2 Å². The number of hydrogen-bond donors (Lipinski definition) is 0. The third kappa shape index (κ3) is 5.25. The van der Waals surface area contributed by atoms with Crippen molar-refractivity contribution < 1.29 is 9.53 Å². The molecule has 2 aliphatic rings. The van der Waals surface area contributed by atoms with E-state index in [1.165, 1.54) is 42.4 Å². The molecule has 0 radical (unpaired) electrons. The molecule has 0 unspecified atom stereocenters. The second kappa shape index (κ2) is 10.4. The van der Waals surface area contributed by atoms with E-state index in [1.54, 1.807) is 0 Å². The van der Waals surface area contributed by atoms with Crippen LogP contribution in [0.15, 0.2) is 66.7 Å². The van der Waals surface area contributed by atoms with Crippen molar-refractivity contribution in [2.45, 2.75) is 38.1 Å². The number of hydrogen-bond acceptors (Lipinski definition) is 3. The van der Waals surface area contributed by atoms with E-state index in [4.69, 9.17) is 4.74 Å². The second-order valence-corrected chi connectivity index (χ2v) is 8.87. The number of ether oxygens (including phenoxy) is 1. The first-order valence-electron chi connectivity index (χ1n) is 11.5. The van der Waals surface area contributed by atoms with Gasteiger partial charge in [-0.2, -0.15) is 0 Å². The summed E-state index contributed by atoms with van der Waals surface area (Å²) in [6, 6.07) is 23.1. The van der Waals surface area contributed by atoms with Gasteiger partial charge in [0.25, 0.3) is 0 Å². The molecule has 32 heavy (non-hydrogen) atoms. The largest absolute Gasteiger partial charge is 0.415 e. The van der Waals surface area contributed by atoms with Crippen molar-refractivity contribution in [3.63, 3.8) is 0 Å². The van der Waals surface area contributed by atoms with Crippen LogP contribution in [0.5, 0.6) is 5.75 Å². The first-order valence-corrected chi connectivity index (χ1v) is 11.5. The summed E-state index contributed by atoms with van der Waals surface area (Å²) in [4.78, 5) is 17.0. The Morgan fingerprint density at radius 3 is 2.28 bits per heavy atom. The van der Waals surface area contributed by atoms with Gasteiger partial charge in [-0.1, -0.05) is 48.5 Å². The van der Waals surface area contributed by atoms with Gasteiger partial charge in [0.2, 0.25) is 0 Å². The number of benzene rings is 3. The number of rotatable bonds is 4. The van der Waals surface area contributed by atoms with Crippen molar-refractivity contribution in [2.24, 2.45) is 0 Å². The molecule has 0 saturated carbocycles. The molecule has 5 heteroatoms. The SMILES string of the molecule is Cl.O=C(Oc1ccc2cc(CN3CCCC3)ccc2c1)N1CCC(c2ccccc2)CC1.